The summed E-state index contributed by atoms with van der Waals surface area (Å²) in [6.07, 6.45) is 0.635. The molecule has 37 heavy (non-hydrogen) atoms. The molecule has 0 radical (unpaired) electrons. The number of nitrogens with zero attached hydrogens (tertiary/aromatic N) is 2. The number of carboxylic acids is 1. The Morgan fingerprint density at radius 2 is 1.89 bits per heavy atom. The van der Waals surface area contributed by atoms with E-state index in [2.05, 4.69) is 15.7 Å². The number of fused-ring (bicyclic) bond motifs is 1. The van der Waals surface area contributed by atoms with Crippen LogP contribution in [0.2, 0.25) is 0 Å². The molecule has 1 heterocycles. The lowest BCUT2D eigenvalue weighted by molar-refractivity contribution is -0.137. The highest BCUT2D eigenvalue weighted by Crippen LogP contribution is 2.18. The van der Waals surface area contributed by atoms with E-state index in [0.29, 0.717) is 10.8 Å². The zero-order chi connectivity index (χ0) is 26.9. The van der Waals surface area contributed by atoms with Gasteiger partial charge in [-0.05, 0) is 48.6 Å². The zero-order valence-corrected chi connectivity index (χ0v) is 19.8. The Morgan fingerprint density at radius 1 is 1.11 bits per heavy atom. The van der Waals surface area contributed by atoms with Gasteiger partial charge in [0.05, 0.1) is 6.04 Å². The second-order valence-electron chi connectivity index (χ2n) is 8.16. The fraction of sp³-hybridized carbons (Fsp3) is 0.280. The number of benzene rings is 2. The molecule has 0 spiro atoms. The van der Waals surface area contributed by atoms with Crippen LogP contribution in [0.3, 0.4) is 0 Å². The number of anilines is 1. The molecule has 0 aliphatic heterocycles. The number of aromatic nitrogens is 1. The Morgan fingerprint density at radius 3 is 2.62 bits per heavy atom. The van der Waals surface area contributed by atoms with Crippen LogP contribution in [0.5, 0.6) is 0 Å². The number of aliphatic carboxylic acids is 1. The Kier molecular flexibility index (Phi) is 9.39. The van der Waals surface area contributed by atoms with Gasteiger partial charge in [-0.25, -0.2) is 28.4 Å². The van der Waals surface area contributed by atoms with E-state index >= 15 is 0 Å². The average Bonchev–Trinajstić information content (AvgIpc) is 2.84. The van der Waals surface area contributed by atoms with E-state index in [0.717, 1.165) is 11.1 Å². The van der Waals surface area contributed by atoms with Crippen molar-refractivity contribution in [2.75, 3.05) is 11.9 Å². The number of ether oxygens (including phenoxy) is 1. The fourth-order valence-corrected chi connectivity index (χ4v) is 3.62. The molecular formula is C25H25F3N4O5. The molecule has 0 unspecified atom stereocenters. The minimum Gasteiger partial charge on any atom is -0.481 e. The fourth-order valence-electron chi connectivity index (χ4n) is 3.62. The first kappa shape index (κ1) is 27.4. The molecule has 3 N–H and O–H groups in total. The van der Waals surface area contributed by atoms with Gasteiger partial charge in [-0.2, -0.15) is 0 Å². The van der Waals surface area contributed by atoms with Crippen molar-refractivity contribution in [2.24, 2.45) is 0 Å². The van der Waals surface area contributed by atoms with Gasteiger partial charge >= 0.3 is 12.1 Å². The molecule has 0 bridgehead atoms. The van der Waals surface area contributed by atoms with E-state index in [1.54, 1.807) is 6.07 Å². The molecule has 0 saturated heterocycles. The van der Waals surface area contributed by atoms with Gasteiger partial charge in [0.25, 0.3) is 0 Å². The Hall–Kier alpha value is -4.19. The van der Waals surface area contributed by atoms with Crippen molar-refractivity contribution in [3.8, 4) is 0 Å². The standard InChI is InChI=1S/C25H25F3N4O5/c1-15(33)32(30-13-17-4-2-6-21(27)24(17)28)20(5-3-7-23(34)35)14-37-25(36)31-22-11-18-10-19(26)9-8-16(18)12-29-22/h2,4,6,8-12,20,30H,3,5,7,13-14H2,1H3,(H,34,35)(H,29,31,36)/t20-/m0/s1. The van der Waals surface area contributed by atoms with E-state index in [4.69, 9.17) is 9.84 Å². The van der Waals surface area contributed by atoms with Crippen LogP contribution in [-0.2, 0) is 20.9 Å². The van der Waals surface area contributed by atoms with Gasteiger partial charge in [0.15, 0.2) is 11.6 Å². The van der Waals surface area contributed by atoms with E-state index in [1.807, 2.05) is 0 Å². The number of hydrazine groups is 1. The minimum absolute atomic E-state index is 0.0342. The maximum absolute atomic E-state index is 14.0. The number of carbonyl (C=O) groups excluding carboxylic acids is 2. The SMILES string of the molecule is CC(=O)N(NCc1cccc(F)c1F)[C@@H](CCCC(=O)O)COC(=O)Nc1cc2cc(F)ccc2cn1. The van der Waals surface area contributed by atoms with E-state index in [1.165, 1.54) is 43.5 Å². The van der Waals surface area contributed by atoms with Crippen LogP contribution in [0.15, 0.2) is 48.7 Å². The van der Waals surface area contributed by atoms with Gasteiger partial charge in [-0.1, -0.05) is 12.1 Å². The lowest BCUT2D eigenvalue weighted by Gasteiger charge is -2.31. The Labute approximate surface area is 210 Å². The molecule has 2 aromatic carbocycles. The molecular weight excluding hydrogens is 493 g/mol. The highest BCUT2D eigenvalue weighted by molar-refractivity contribution is 5.89. The first-order valence-electron chi connectivity index (χ1n) is 11.3. The quantitative estimate of drug-likeness (QED) is 0.322. The molecule has 1 aromatic heterocycles. The summed E-state index contributed by atoms with van der Waals surface area (Å²) in [4.78, 5) is 39.7. The first-order valence-corrected chi connectivity index (χ1v) is 11.3. The summed E-state index contributed by atoms with van der Waals surface area (Å²) in [5.41, 5.74) is 2.68. The molecule has 2 amide bonds. The third-order valence-corrected chi connectivity index (χ3v) is 5.42. The maximum Gasteiger partial charge on any atom is 0.412 e. The van der Waals surface area contributed by atoms with Crippen LogP contribution in [-0.4, -0.2) is 45.7 Å². The summed E-state index contributed by atoms with van der Waals surface area (Å²) in [7, 11) is 0. The summed E-state index contributed by atoms with van der Waals surface area (Å²) in [5.74, 6) is -4.02. The van der Waals surface area contributed by atoms with Gasteiger partial charge in [0, 0.05) is 37.0 Å². The lowest BCUT2D eigenvalue weighted by Crippen LogP contribution is -2.50. The highest BCUT2D eigenvalue weighted by atomic mass is 19.2. The molecule has 0 aliphatic rings. The number of carboxylic acid groups (broad SMARTS) is 1. The molecule has 0 fully saturated rings. The predicted molar refractivity (Wildman–Crippen MR) is 128 cm³/mol. The molecule has 0 aliphatic carbocycles. The number of halogens is 3. The van der Waals surface area contributed by atoms with E-state index < -0.39 is 41.5 Å². The summed E-state index contributed by atoms with van der Waals surface area (Å²) in [5, 5.41) is 13.6. The van der Waals surface area contributed by atoms with E-state index in [9.17, 15) is 27.6 Å². The zero-order valence-electron chi connectivity index (χ0n) is 19.8. The maximum atomic E-state index is 14.0. The van der Waals surface area contributed by atoms with Crippen LogP contribution in [0.25, 0.3) is 10.8 Å². The Bertz CT molecular complexity index is 1290. The molecule has 3 aromatic rings. The van der Waals surface area contributed by atoms with Crippen molar-refractivity contribution in [2.45, 2.75) is 38.8 Å². The van der Waals surface area contributed by atoms with Crippen molar-refractivity contribution in [1.29, 1.82) is 0 Å². The average molecular weight is 518 g/mol. The van der Waals surface area contributed by atoms with Crippen LogP contribution in [0.1, 0.15) is 31.7 Å². The predicted octanol–water partition coefficient (Wildman–Crippen LogP) is 4.38. The first-order chi connectivity index (χ1) is 17.6. The van der Waals surface area contributed by atoms with Gasteiger partial charge in [-0.15, -0.1) is 0 Å². The highest BCUT2D eigenvalue weighted by Gasteiger charge is 2.24. The largest absolute Gasteiger partial charge is 0.481 e. The molecule has 1 atom stereocenters. The van der Waals surface area contributed by atoms with Gasteiger partial charge in [0.2, 0.25) is 5.91 Å². The number of pyridine rings is 1. The van der Waals surface area contributed by atoms with Crippen molar-refractivity contribution >= 4 is 34.6 Å². The summed E-state index contributed by atoms with van der Waals surface area (Å²) in [6.45, 7) is 0.631. The summed E-state index contributed by atoms with van der Waals surface area (Å²) in [6, 6.07) is 8.37. The van der Waals surface area contributed by atoms with Gasteiger partial charge in [-0.3, -0.25) is 19.9 Å². The van der Waals surface area contributed by atoms with Gasteiger partial charge in [0.1, 0.15) is 18.2 Å². The number of hydrogen-bond donors (Lipinski definition) is 3. The van der Waals surface area contributed by atoms with Crippen molar-refractivity contribution < 1.29 is 37.4 Å². The molecule has 196 valence electrons. The summed E-state index contributed by atoms with van der Waals surface area (Å²) >= 11 is 0. The third kappa shape index (κ3) is 7.90. The van der Waals surface area contributed by atoms with Crippen molar-refractivity contribution in [1.82, 2.24) is 15.4 Å². The topological polar surface area (TPSA) is 121 Å². The minimum atomic E-state index is -1.07. The van der Waals surface area contributed by atoms with Gasteiger partial charge < -0.3 is 9.84 Å². The Balaban J connectivity index is 1.68. The summed E-state index contributed by atoms with van der Waals surface area (Å²) < 4.78 is 46.3. The number of hydrogen-bond acceptors (Lipinski definition) is 6. The van der Waals surface area contributed by atoms with Crippen molar-refractivity contribution in [3.05, 3.63) is 71.7 Å². The van der Waals surface area contributed by atoms with Crippen LogP contribution in [0.4, 0.5) is 23.8 Å². The molecule has 0 saturated carbocycles. The smallest absolute Gasteiger partial charge is 0.412 e. The van der Waals surface area contributed by atoms with Crippen LogP contribution < -0.4 is 10.7 Å². The second-order valence-corrected chi connectivity index (χ2v) is 8.16. The second kappa shape index (κ2) is 12.7. The number of amides is 2. The van der Waals surface area contributed by atoms with E-state index in [-0.39, 0.29) is 43.8 Å². The number of carbonyl (C=O) groups is 3. The molecule has 12 heteroatoms. The van der Waals surface area contributed by atoms with Crippen LogP contribution in [0, 0.1) is 17.5 Å². The normalized spacial score (nSPS) is 11.7. The third-order valence-electron chi connectivity index (χ3n) is 5.42. The van der Waals surface area contributed by atoms with Crippen LogP contribution >= 0.6 is 0 Å². The van der Waals surface area contributed by atoms with Crippen molar-refractivity contribution in [3.63, 3.8) is 0 Å². The lowest BCUT2D eigenvalue weighted by atomic mass is 10.1. The number of nitrogens with one attached hydrogen (secondary N) is 2. The molecule has 9 nitrogen and oxygen atoms in total. The molecule has 3 rings (SSSR count). The monoisotopic (exact) mass is 518 g/mol. The number of rotatable bonds is 11.